The van der Waals surface area contributed by atoms with Crippen molar-refractivity contribution in [3.8, 4) is 6.07 Å². The maximum absolute atomic E-state index is 9.19. The first-order valence-corrected chi connectivity index (χ1v) is 4.00. The Hall–Kier alpha value is -0.630. The standard InChI is InChI=1S/C8H16N2O2/c1-7(5-9)10-4-3-8(11)6-12-2/h7-8,10-11H,3-4,6H2,1-2H3. The van der Waals surface area contributed by atoms with Gasteiger partial charge in [0.15, 0.2) is 0 Å². The molecule has 2 atom stereocenters. The third-order valence-corrected chi connectivity index (χ3v) is 1.48. The Morgan fingerprint density at radius 3 is 2.83 bits per heavy atom. The van der Waals surface area contributed by atoms with E-state index < -0.39 is 6.10 Å². The lowest BCUT2D eigenvalue weighted by atomic mass is 10.2. The van der Waals surface area contributed by atoms with Crippen molar-refractivity contribution in [2.75, 3.05) is 20.3 Å². The van der Waals surface area contributed by atoms with Crippen LogP contribution in [-0.4, -0.2) is 37.5 Å². The Balaban J connectivity index is 3.25. The summed E-state index contributed by atoms with van der Waals surface area (Å²) in [6, 6.07) is 1.89. The highest BCUT2D eigenvalue weighted by molar-refractivity contribution is 4.85. The van der Waals surface area contributed by atoms with Gasteiger partial charge in [-0.1, -0.05) is 0 Å². The molecule has 2 unspecified atom stereocenters. The van der Waals surface area contributed by atoms with E-state index in [1.54, 1.807) is 14.0 Å². The van der Waals surface area contributed by atoms with Gasteiger partial charge in [0.25, 0.3) is 0 Å². The van der Waals surface area contributed by atoms with Crippen molar-refractivity contribution in [1.82, 2.24) is 5.32 Å². The fourth-order valence-electron chi connectivity index (χ4n) is 0.788. The number of rotatable bonds is 6. The van der Waals surface area contributed by atoms with Gasteiger partial charge in [0.05, 0.1) is 24.8 Å². The lowest BCUT2D eigenvalue weighted by Crippen LogP contribution is -2.29. The van der Waals surface area contributed by atoms with Crippen molar-refractivity contribution in [3.63, 3.8) is 0 Å². The van der Waals surface area contributed by atoms with Gasteiger partial charge in [0.2, 0.25) is 0 Å². The van der Waals surface area contributed by atoms with E-state index >= 15 is 0 Å². The molecule has 0 amide bonds. The molecule has 0 radical (unpaired) electrons. The second kappa shape index (κ2) is 7.04. The van der Waals surface area contributed by atoms with Crippen LogP contribution in [-0.2, 0) is 4.74 Å². The molecule has 0 aliphatic heterocycles. The fraction of sp³-hybridized carbons (Fsp3) is 0.875. The molecule has 2 N–H and O–H groups in total. The van der Waals surface area contributed by atoms with Gasteiger partial charge in [-0.3, -0.25) is 0 Å². The molecule has 0 aromatic carbocycles. The number of ether oxygens (including phenoxy) is 1. The summed E-state index contributed by atoms with van der Waals surface area (Å²) in [5, 5.41) is 20.5. The van der Waals surface area contributed by atoms with Gasteiger partial charge in [0.1, 0.15) is 0 Å². The van der Waals surface area contributed by atoms with E-state index in [2.05, 4.69) is 5.32 Å². The van der Waals surface area contributed by atoms with Crippen molar-refractivity contribution in [2.24, 2.45) is 0 Å². The van der Waals surface area contributed by atoms with Crippen LogP contribution in [0.15, 0.2) is 0 Å². The normalized spacial score (nSPS) is 15.2. The summed E-state index contributed by atoms with van der Waals surface area (Å²) in [6.45, 7) is 2.77. The average Bonchev–Trinajstić information content (AvgIpc) is 2.04. The molecule has 0 aromatic heterocycles. The summed E-state index contributed by atoms with van der Waals surface area (Å²) in [6.07, 6.45) is 0.174. The van der Waals surface area contributed by atoms with E-state index in [0.29, 0.717) is 19.6 Å². The molecule has 0 spiro atoms. The summed E-state index contributed by atoms with van der Waals surface area (Å²) in [7, 11) is 1.55. The third-order valence-electron chi connectivity index (χ3n) is 1.48. The van der Waals surface area contributed by atoms with Crippen molar-refractivity contribution in [2.45, 2.75) is 25.5 Å². The van der Waals surface area contributed by atoms with Crippen molar-refractivity contribution >= 4 is 0 Å². The van der Waals surface area contributed by atoms with Gasteiger partial charge in [-0.15, -0.1) is 0 Å². The van der Waals surface area contributed by atoms with Gasteiger partial charge in [-0.05, 0) is 19.9 Å². The predicted molar refractivity (Wildman–Crippen MR) is 45.6 cm³/mol. The molecule has 12 heavy (non-hydrogen) atoms. The topological polar surface area (TPSA) is 65.3 Å². The monoisotopic (exact) mass is 172 g/mol. The van der Waals surface area contributed by atoms with Gasteiger partial charge >= 0.3 is 0 Å². The minimum Gasteiger partial charge on any atom is -0.391 e. The van der Waals surface area contributed by atoms with Crippen LogP contribution >= 0.6 is 0 Å². The van der Waals surface area contributed by atoms with Crippen LogP contribution in [0.2, 0.25) is 0 Å². The highest BCUT2D eigenvalue weighted by Crippen LogP contribution is 1.90. The van der Waals surface area contributed by atoms with Crippen LogP contribution in [0.25, 0.3) is 0 Å². The molecule has 0 aliphatic carbocycles. The number of aliphatic hydroxyl groups is 1. The number of nitriles is 1. The smallest absolute Gasteiger partial charge is 0.0924 e. The molecule has 0 rings (SSSR count). The largest absolute Gasteiger partial charge is 0.391 e. The Morgan fingerprint density at radius 2 is 2.33 bits per heavy atom. The number of nitrogens with one attached hydrogen (secondary N) is 1. The molecule has 0 fully saturated rings. The molecule has 4 heteroatoms. The number of hydrogen-bond donors (Lipinski definition) is 2. The quantitative estimate of drug-likeness (QED) is 0.586. The summed E-state index contributed by atoms with van der Waals surface area (Å²) < 4.78 is 4.74. The third kappa shape index (κ3) is 6.10. The van der Waals surface area contributed by atoms with Gasteiger partial charge in [-0.25, -0.2) is 0 Å². The lowest BCUT2D eigenvalue weighted by molar-refractivity contribution is 0.0593. The highest BCUT2D eigenvalue weighted by atomic mass is 16.5. The molecule has 0 heterocycles. The zero-order chi connectivity index (χ0) is 9.40. The van der Waals surface area contributed by atoms with Crippen LogP contribution in [0.1, 0.15) is 13.3 Å². The van der Waals surface area contributed by atoms with E-state index in [9.17, 15) is 5.11 Å². The molecular weight excluding hydrogens is 156 g/mol. The Kier molecular flexibility index (Phi) is 6.67. The zero-order valence-electron chi connectivity index (χ0n) is 7.58. The van der Waals surface area contributed by atoms with Crippen molar-refractivity contribution in [3.05, 3.63) is 0 Å². The molecule has 70 valence electrons. The van der Waals surface area contributed by atoms with Gasteiger partial charge in [0, 0.05) is 7.11 Å². The van der Waals surface area contributed by atoms with E-state index in [-0.39, 0.29) is 6.04 Å². The highest BCUT2D eigenvalue weighted by Gasteiger charge is 2.03. The van der Waals surface area contributed by atoms with Crippen LogP contribution in [0, 0.1) is 11.3 Å². The maximum atomic E-state index is 9.19. The van der Waals surface area contributed by atoms with Crippen LogP contribution in [0.5, 0.6) is 0 Å². The summed E-state index contributed by atoms with van der Waals surface area (Å²) >= 11 is 0. The zero-order valence-corrected chi connectivity index (χ0v) is 7.58. The number of aliphatic hydroxyl groups excluding tert-OH is 1. The number of nitrogens with zero attached hydrogens (tertiary/aromatic N) is 1. The Labute approximate surface area is 73.1 Å². The first-order valence-electron chi connectivity index (χ1n) is 4.00. The molecule has 0 aliphatic rings. The first-order chi connectivity index (χ1) is 5.70. The second-order valence-corrected chi connectivity index (χ2v) is 2.70. The number of hydrogen-bond acceptors (Lipinski definition) is 4. The second-order valence-electron chi connectivity index (χ2n) is 2.70. The van der Waals surface area contributed by atoms with E-state index in [1.165, 1.54) is 0 Å². The van der Waals surface area contributed by atoms with Crippen LogP contribution in [0.4, 0.5) is 0 Å². The van der Waals surface area contributed by atoms with E-state index in [4.69, 9.17) is 10.00 Å². The Morgan fingerprint density at radius 1 is 1.67 bits per heavy atom. The SMILES string of the molecule is COCC(O)CCNC(C)C#N. The lowest BCUT2D eigenvalue weighted by Gasteiger charge is -2.10. The van der Waals surface area contributed by atoms with Gasteiger partial charge in [-0.2, -0.15) is 5.26 Å². The first kappa shape index (κ1) is 11.4. The summed E-state index contributed by atoms with van der Waals surface area (Å²) in [5.41, 5.74) is 0. The summed E-state index contributed by atoms with van der Waals surface area (Å²) in [5.74, 6) is 0. The van der Waals surface area contributed by atoms with E-state index in [1.807, 2.05) is 6.07 Å². The molecule has 0 aromatic rings. The predicted octanol–water partition coefficient (Wildman–Crippen LogP) is -0.115. The van der Waals surface area contributed by atoms with E-state index in [0.717, 1.165) is 0 Å². The van der Waals surface area contributed by atoms with Crippen molar-refractivity contribution in [1.29, 1.82) is 5.26 Å². The Bertz CT molecular complexity index is 144. The van der Waals surface area contributed by atoms with Crippen molar-refractivity contribution < 1.29 is 9.84 Å². The van der Waals surface area contributed by atoms with Crippen LogP contribution < -0.4 is 5.32 Å². The average molecular weight is 172 g/mol. The fourth-order valence-corrected chi connectivity index (χ4v) is 0.788. The number of methoxy groups -OCH3 is 1. The van der Waals surface area contributed by atoms with Gasteiger partial charge < -0.3 is 15.2 Å². The molecule has 0 saturated carbocycles. The minimum absolute atomic E-state index is 0.153. The molecule has 4 nitrogen and oxygen atoms in total. The molecule has 0 saturated heterocycles. The molecule has 0 bridgehead atoms. The maximum Gasteiger partial charge on any atom is 0.0924 e. The minimum atomic E-state index is -0.437. The van der Waals surface area contributed by atoms with Crippen LogP contribution in [0.3, 0.4) is 0 Å². The summed E-state index contributed by atoms with van der Waals surface area (Å²) in [4.78, 5) is 0. The molecular formula is C8H16N2O2.